The van der Waals surface area contributed by atoms with Gasteiger partial charge in [-0.1, -0.05) is 48.0 Å². The van der Waals surface area contributed by atoms with Gasteiger partial charge in [-0.15, -0.1) is 0 Å². The van der Waals surface area contributed by atoms with Crippen molar-refractivity contribution < 1.29 is 4.79 Å². The SMILES string of the molecule is Cc1ccc(CN2CCC(Nc3c(C#N)cnc4ccccc34)C2=O)cc1. The van der Waals surface area contributed by atoms with Crippen LogP contribution in [0, 0.1) is 18.3 Å². The third-order valence-corrected chi connectivity index (χ3v) is 5.01. The number of nitrogens with one attached hydrogen (secondary N) is 1. The second-order valence-electron chi connectivity index (χ2n) is 6.91. The molecule has 1 N–H and O–H groups in total. The number of para-hydroxylation sites is 1. The van der Waals surface area contributed by atoms with E-state index in [0.29, 0.717) is 30.8 Å². The van der Waals surface area contributed by atoms with Crippen LogP contribution in [-0.4, -0.2) is 28.4 Å². The summed E-state index contributed by atoms with van der Waals surface area (Å²) in [7, 11) is 0. The highest BCUT2D eigenvalue weighted by Gasteiger charge is 2.32. The van der Waals surface area contributed by atoms with Crippen molar-refractivity contribution >= 4 is 22.5 Å². The number of rotatable bonds is 4. The summed E-state index contributed by atoms with van der Waals surface area (Å²) in [6, 6.07) is 17.8. The molecule has 27 heavy (non-hydrogen) atoms. The maximum Gasteiger partial charge on any atom is 0.245 e. The van der Waals surface area contributed by atoms with Crippen LogP contribution >= 0.6 is 0 Å². The second kappa shape index (κ2) is 7.08. The van der Waals surface area contributed by atoms with E-state index in [1.165, 1.54) is 5.56 Å². The standard InChI is InChI=1S/C22H20N4O/c1-15-6-8-16(9-7-15)14-26-11-10-20(22(26)27)25-21-17(12-23)13-24-19-5-3-2-4-18(19)21/h2-9,13,20H,10-11,14H2,1H3,(H,24,25). The highest BCUT2D eigenvalue weighted by Crippen LogP contribution is 2.28. The number of nitrogens with zero attached hydrogens (tertiary/aromatic N) is 3. The van der Waals surface area contributed by atoms with Gasteiger partial charge in [-0.05, 0) is 25.0 Å². The number of aryl methyl sites for hydroxylation is 1. The molecule has 1 fully saturated rings. The molecule has 0 saturated carbocycles. The lowest BCUT2D eigenvalue weighted by Gasteiger charge is -2.19. The van der Waals surface area contributed by atoms with Crippen molar-refractivity contribution in [2.75, 3.05) is 11.9 Å². The van der Waals surface area contributed by atoms with Gasteiger partial charge < -0.3 is 10.2 Å². The van der Waals surface area contributed by atoms with Crippen LogP contribution in [0.3, 0.4) is 0 Å². The van der Waals surface area contributed by atoms with Crippen molar-refractivity contribution in [3.05, 3.63) is 71.4 Å². The first kappa shape index (κ1) is 17.0. The molecule has 0 bridgehead atoms. The molecular weight excluding hydrogens is 336 g/mol. The van der Waals surface area contributed by atoms with Gasteiger partial charge in [0, 0.05) is 24.7 Å². The van der Waals surface area contributed by atoms with E-state index >= 15 is 0 Å². The Hall–Kier alpha value is -3.39. The van der Waals surface area contributed by atoms with Crippen LogP contribution in [0.5, 0.6) is 0 Å². The quantitative estimate of drug-likeness (QED) is 0.775. The fraction of sp³-hybridized carbons (Fsp3) is 0.227. The summed E-state index contributed by atoms with van der Waals surface area (Å²) in [5.41, 5.74) is 4.29. The number of nitriles is 1. The zero-order valence-corrected chi connectivity index (χ0v) is 15.1. The normalized spacial score (nSPS) is 16.5. The van der Waals surface area contributed by atoms with E-state index in [1.54, 1.807) is 6.20 Å². The van der Waals surface area contributed by atoms with Gasteiger partial charge in [0.15, 0.2) is 0 Å². The summed E-state index contributed by atoms with van der Waals surface area (Å²) < 4.78 is 0. The largest absolute Gasteiger partial charge is 0.372 e. The molecule has 1 atom stereocenters. The second-order valence-corrected chi connectivity index (χ2v) is 6.91. The molecule has 0 radical (unpaired) electrons. The van der Waals surface area contributed by atoms with E-state index in [1.807, 2.05) is 29.2 Å². The molecule has 5 heteroatoms. The third kappa shape index (κ3) is 3.34. The van der Waals surface area contributed by atoms with Gasteiger partial charge in [-0.2, -0.15) is 5.26 Å². The molecule has 1 aliphatic heterocycles. The Labute approximate surface area is 158 Å². The van der Waals surface area contributed by atoms with Crippen LogP contribution in [0.25, 0.3) is 10.9 Å². The Morgan fingerprint density at radius 1 is 1.22 bits per heavy atom. The van der Waals surface area contributed by atoms with Crippen molar-refractivity contribution in [2.24, 2.45) is 0 Å². The van der Waals surface area contributed by atoms with Gasteiger partial charge >= 0.3 is 0 Å². The van der Waals surface area contributed by atoms with E-state index < -0.39 is 0 Å². The molecule has 1 saturated heterocycles. The Morgan fingerprint density at radius 3 is 2.78 bits per heavy atom. The molecule has 1 aliphatic rings. The number of carbonyl (C=O) groups is 1. The Balaban J connectivity index is 1.56. The Kier molecular flexibility index (Phi) is 4.47. The number of hydrogen-bond donors (Lipinski definition) is 1. The molecule has 2 aromatic carbocycles. The van der Waals surface area contributed by atoms with Crippen molar-refractivity contribution in [1.82, 2.24) is 9.88 Å². The van der Waals surface area contributed by atoms with E-state index in [9.17, 15) is 10.1 Å². The number of fused-ring (bicyclic) bond motifs is 1. The van der Waals surface area contributed by atoms with Crippen molar-refractivity contribution in [2.45, 2.75) is 25.9 Å². The first-order valence-electron chi connectivity index (χ1n) is 9.04. The number of pyridine rings is 1. The minimum atomic E-state index is -0.326. The van der Waals surface area contributed by atoms with E-state index in [-0.39, 0.29) is 11.9 Å². The molecule has 0 spiro atoms. The van der Waals surface area contributed by atoms with Gasteiger partial charge in [0.2, 0.25) is 5.91 Å². The third-order valence-electron chi connectivity index (χ3n) is 5.01. The zero-order valence-electron chi connectivity index (χ0n) is 15.1. The van der Waals surface area contributed by atoms with Gasteiger partial charge in [0.25, 0.3) is 0 Å². The summed E-state index contributed by atoms with van der Waals surface area (Å²) in [5, 5.41) is 13.6. The summed E-state index contributed by atoms with van der Waals surface area (Å²) >= 11 is 0. The number of hydrogen-bond acceptors (Lipinski definition) is 4. The lowest BCUT2D eigenvalue weighted by Crippen LogP contribution is -2.33. The topological polar surface area (TPSA) is 69.0 Å². The summed E-state index contributed by atoms with van der Waals surface area (Å²) in [6.45, 7) is 3.37. The van der Waals surface area contributed by atoms with Gasteiger partial charge in [0.05, 0.1) is 16.8 Å². The number of likely N-dealkylation sites (tertiary alicyclic amines) is 1. The molecule has 134 valence electrons. The average molecular weight is 356 g/mol. The lowest BCUT2D eigenvalue weighted by molar-refractivity contribution is -0.128. The van der Waals surface area contributed by atoms with Crippen LogP contribution < -0.4 is 5.32 Å². The lowest BCUT2D eigenvalue weighted by atomic mass is 10.1. The predicted molar refractivity (Wildman–Crippen MR) is 105 cm³/mol. The summed E-state index contributed by atoms with van der Waals surface area (Å²) in [5.74, 6) is 0.0698. The fourth-order valence-corrected chi connectivity index (χ4v) is 3.50. The number of benzene rings is 2. The van der Waals surface area contributed by atoms with Gasteiger partial charge in [-0.3, -0.25) is 9.78 Å². The first-order chi connectivity index (χ1) is 13.2. The highest BCUT2D eigenvalue weighted by molar-refractivity contribution is 5.96. The highest BCUT2D eigenvalue weighted by atomic mass is 16.2. The Morgan fingerprint density at radius 2 is 2.00 bits per heavy atom. The molecular formula is C22H20N4O. The minimum Gasteiger partial charge on any atom is -0.372 e. The summed E-state index contributed by atoms with van der Waals surface area (Å²) in [6.07, 6.45) is 2.28. The van der Waals surface area contributed by atoms with Crippen molar-refractivity contribution in [3.63, 3.8) is 0 Å². The van der Waals surface area contributed by atoms with E-state index in [0.717, 1.165) is 16.5 Å². The maximum absolute atomic E-state index is 12.9. The van der Waals surface area contributed by atoms with E-state index in [2.05, 4.69) is 47.6 Å². The molecule has 1 amide bonds. The molecule has 4 rings (SSSR count). The maximum atomic E-state index is 12.9. The van der Waals surface area contributed by atoms with Gasteiger partial charge in [0.1, 0.15) is 12.1 Å². The predicted octanol–water partition coefficient (Wildman–Crippen LogP) is 3.63. The monoisotopic (exact) mass is 356 g/mol. The van der Waals surface area contributed by atoms with Crippen LogP contribution in [0.15, 0.2) is 54.7 Å². The smallest absolute Gasteiger partial charge is 0.245 e. The summed E-state index contributed by atoms with van der Waals surface area (Å²) in [4.78, 5) is 19.1. The number of amides is 1. The van der Waals surface area contributed by atoms with E-state index in [4.69, 9.17) is 0 Å². The Bertz CT molecular complexity index is 1040. The van der Waals surface area contributed by atoms with Crippen LogP contribution in [-0.2, 0) is 11.3 Å². The average Bonchev–Trinajstić information content (AvgIpc) is 3.03. The number of anilines is 1. The molecule has 1 unspecified atom stereocenters. The van der Waals surface area contributed by atoms with Crippen LogP contribution in [0.4, 0.5) is 5.69 Å². The first-order valence-corrected chi connectivity index (χ1v) is 9.04. The van der Waals surface area contributed by atoms with Crippen molar-refractivity contribution in [3.8, 4) is 6.07 Å². The number of aromatic nitrogens is 1. The molecule has 5 nitrogen and oxygen atoms in total. The van der Waals surface area contributed by atoms with Crippen molar-refractivity contribution in [1.29, 1.82) is 5.26 Å². The number of carbonyl (C=O) groups excluding carboxylic acids is 1. The molecule has 3 aromatic rings. The molecule has 1 aromatic heterocycles. The minimum absolute atomic E-state index is 0.0698. The zero-order chi connectivity index (χ0) is 18.8. The van der Waals surface area contributed by atoms with Crippen LogP contribution in [0.1, 0.15) is 23.1 Å². The molecule has 0 aliphatic carbocycles. The fourth-order valence-electron chi connectivity index (χ4n) is 3.50. The van der Waals surface area contributed by atoms with Crippen LogP contribution in [0.2, 0.25) is 0 Å². The molecule has 2 heterocycles. The van der Waals surface area contributed by atoms with Gasteiger partial charge in [-0.25, -0.2) is 0 Å².